The minimum Gasteiger partial charge on any atom is -0.368 e. The van der Waals surface area contributed by atoms with Crippen LogP contribution in [0.15, 0.2) is 83.9 Å². The summed E-state index contributed by atoms with van der Waals surface area (Å²) in [5.74, 6) is -0.439. The Kier molecular flexibility index (Phi) is 5.44. The van der Waals surface area contributed by atoms with Gasteiger partial charge < -0.3 is 9.80 Å². The average molecular weight is 483 g/mol. The van der Waals surface area contributed by atoms with Gasteiger partial charge in [-0.25, -0.2) is 13.6 Å². The average Bonchev–Trinajstić information content (AvgIpc) is 3.35. The zero-order valence-electron chi connectivity index (χ0n) is 19.4. The molecule has 3 heterocycles. The first-order valence-electron chi connectivity index (χ1n) is 11.8. The van der Waals surface area contributed by atoms with E-state index in [-0.39, 0.29) is 23.8 Å². The van der Waals surface area contributed by atoms with E-state index >= 15 is 0 Å². The van der Waals surface area contributed by atoms with Gasteiger partial charge in [-0.1, -0.05) is 42.5 Å². The van der Waals surface area contributed by atoms with Crippen molar-refractivity contribution in [1.82, 2.24) is 24.3 Å². The van der Waals surface area contributed by atoms with Crippen LogP contribution < -0.4 is 10.5 Å². The number of aromatic nitrogens is 4. The molecule has 0 bridgehead atoms. The van der Waals surface area contributed by atoms with Gasteiger partial charge in [-0.15, -0.1) is 0 Å². The van der Waals surface area contributed by atoms with Crippen LogP contribution in [0, 0.1) is 5.82 Å². The first kappa shape index (κ1) is 22.0. The predicted octanol–water partition coefficient (Wildman–Crippen LogP) is 3.20. The number of hydrogen-bond acceptors (Lipinski definition) is 5. The van der Waals surface area contributed by atoms with E-state index in [0.29, 0.717) is 37.4 Å². The third kappa shape index (κ3) is 3.98. The summed E-state index contributed by atoms with van der Waals surface area (Å²) >= 11 is 0. The minimum absolute atomic E-state index is 0.138. The molecule has 1 saturated heterocycles. The molecule has 5 aromatic rings. The molecule has 3 aromatic carbocycles. The van der Waals surface area contributed by atoms with Crippen molar-refractivity contribution in [3.8, 4) is 11.3 Å². The summed E-state index contributed by atoms with van der Waals surface area (Å²) in [5, 5.41) is 10.9. The Morgan fingerprint density at radius 1 is 0.917 bits per heavy atom. The Bertz CT molecular complexity index is 1630. The van der Waals surface area contributed by atoms with Crippen LogP contribution in [0.1, 0.15) is 0 Å². The molecule has 1 aliphatic heterocycles. The first-order valence-corrected chi connectivity index (χ1v) is 11.8. The van der Waals surface area contributed by atoms with Crippen molar-refractivity contribution in [2.45, 2.75) is 6.54 Å². The summed E-state index contributed by atoms with van der Waals surface area (Å²) in [4.78, 5) is 29.9. The second kappa shape index (κ2) is 8.92. The number of hydrogen-bond donors (Lipinski definition) is 0. The van der Waals surface area contributed by atoms with Crippen LogP contribution in [-0.4, -0.2) is 56.4 Å². The number of piperazine rings is 1. The van der Waals surface area contributed by atoms with E-state index in [4.69, 9.17) is 0 Å². The van der Waals surface area contributed by atoms with Crippen LogP contribution in [0.25, 0.3) is 27.5 Å². The van der Waals surface area contributed by atoms with Crippen LogP contribution in [-0.2, 0) is 11.3 Å². The van der Waals surface area contributed by atoms with Gasteiger partial charge >= 0.3 is 0 Å². The van der Waals surface area contributed by atoms with E-state index in [1.807, 2.05) is 42.5 Å². The molecule has 8 nitrogen and oxygen atoms in total. The van der Waals surface area contributed by atoms with E-state index in [2.05, 4.69) is 15.1 Å². The van der Waals surface area contributed by atoms with Crippen molar-refractivity contribution in [1.29, 1.82) is 0 Å². The van der Waals surface area contributed by atoms with Crippen molar-refractivity contribution in [2.24, 2.45) is 0 Å². The molecule has 0 spiro atoms. The summed E-state index contributed by atoms with van der Waals surface area (Å²) in [6.45, 7) is 2.17. The molecule has 6 rings (SSSR count). The molecule has 0 N–H and O–H groups in total. The van der Waals surface area contributed by atoms with E-state index in [9.17, 15) is 14.0 Å². The molecule has 0 radical (unpaired) electrons. The maximum absolute atomic E-state index is 13.2. The van der Waals surface area contributed by atoms with Gasteiger partial charge in [0.25, 0.3) is 5.56 Å². The minimum atomic E-state index is -0.366. The van der Waals surface area contributed by atoms with E-state index in [0.717, 1.165) is 22.0 Å². The predicted molar refractivity (Wildman–Crippen MR) is 135 cm³/mol. The molecule has 0 saturated carbocycles. The maximum Gasteiger partial charge on any atom is 0.293 e. The van der Waals surface area contributed by atoms with Crippen LogP contribution in [0.2, 0.25) is 0 Å². The quantitative estimate of drug-likeness (QED) is 0.393. The van der Waals surface area contributed by atoms with E-state index < -0.39 is 0 Å². The fraction of sp³-hybridized carbons (Fsp3) is 0.185. The first-order chi connectivity index (χ1) is 17.6. The molecule has 0 aliphatic carbocycles. The van der Waals surface area contributed by atoms with Crippen molar-refractivity contribution in [3.05, 3.63) is 95.3 Å². The highest BCUT2D eigenvalue weighted by Crippen LogP contribution is 2.27. The molecule has 1 aliphatic rings. The third-order valence-electron chi connectivity index (χ3n) is 6.66. The van der Waals surface area contributed by atoms with Gasteiger partial charge in [-0.3, -0.25) is 9.59 Å². The molecule has 0 unspecified atom stereocenters. The Hall–Kier alpha value is -4.53. The SMILES string of the molecule is O=C(Cn1ncn2nc(-c3cccc4ccccc34)cc2c1=O)N1CCN(c2ccc(F)cc2)CC1. The van der Waals surface area contributed by atoms with Crippen molar-refractivity contribution in [3.63, 3.8) is 0 Å². The normalized spacial score (nSPS) is 14.0. The molecule has 180 valence electrons. The molecular formula is C27H23FN6O2. The van der Waals surface area contributed by atoms with Crippen LogP contribution in [0.4, 0.5) is 10.1 Å². The standard InChI is InChI=1S/C27H23FN6O2/c28-20-8-10-21(11-9-20)31-12-14-32(15-13-31)26(35)17-33-27(36)25-16-24(30-34(25)18-29-33)23-7-3-5-19-4-1-2-6-22(19)23/h1-11,16,18H,12-15,17H2. The summed E-state index contributed by atoms with van der Waals surface area (Å²) in [5.41, 5.74) is 2.52. The zero-order valence-corrected chi connectivity index (χ0v) is 19.4. The Morgan fingerprint density at radius 3 is 2.47 bits per heavy atom. The fourth-order valence-corrected chi connectivity index (χ4v) is 4.73. The summed E-state index contributed by atoms with van der Waals surface area (Å²) in [6, 6.07) is 22.1. The lowest BCUT2D eigenvalue weighted by Gasteiger charge is -2.36. The van der Waals surface area contributed by atoms with Gasteiger partial charge in [0.1, 0.15) is 24.2 Å². The van der Waals surface area contributed by atoms with Crippen LogP contribution in [0.5, 0.6) is 0 Å². The highest BCUT2D eigenvalue weighted by atomic mass is 19.1. The summed E-state index contributed by atoms with van der Waals surface area (Å²) in [7, 11) is 0. The lowest BCUT2D eigenvalue weighted by molar-refractivity contribution is -0.132. The molecule has 1 fully saturated rings. The van der Waals surface area contributed by atoms with Crippen molar-refractivity contribution >= 4 is 27.9 Å². The van der Waals surface area contributed by atoms with Gasteiger partial charge in [0.15, 0.2) is 0 Å². The molecule has 36 heavy (non-hydrogen) atoms. The second-order valence-electron chi connectivity index (χ2n) is 8.82. The molecule has 0 atom stereocenters. The Balaban J connectivity index is 1.20. The smallest absolute Gasteiger partial charge is 0.293 e. The third-order valence-corrected chi connectivity index (χ3v) is 6.66. The number of amides is 1. The van der Waals surface area contributed by atoms with Gasteiger partial charge in [-0.2, -0.15) is 10.2 Å². The number of carbonyl (C=O) groups excluding carboxylic acids is 1. The van der Waals surface area contributed by atoms with Crippen molar-refractivity contribution < 1.29 is 9.18 Å². The number of carbonyl (C=O) groups is 1. The van der Waals surface area contributed by atoms with Crippen LogP contribution >= 0.6 is 0 Å². The Labute approximate surface area is 205 Å². The maximum atomic E-state index is 13.2. The number of fused-ring (bicyclic) bond motifs is 2. The summed E-state index contributed by atoms with van der Waals surface area (Å²) < 4.78 is 15.9. The van der Waals surface area contributed by atoms with Gasteiger partial charge in [0.05, 0.1) is 5.69 Å². The fourth-order valence-electron chi connectivity index (χ4n) is 4.73. The van der Waals surface area contributed by atoms with E-state index in [1.165, 1.54) is 27.7 Å². The number of rotatable bonds is 4. The highest BCUT2D eigenvalue weighted by Gasteiger charge is 2.22. The van der Waals surface area contributed by atoms with E-state index in [1.54, 1.807) is 23.1 Å². The molecule has 1 amide bonds. The van der Waals surface area contributed by atoms with Crippen molar-refractivity contribution in [2.75, 3.05) is 31.1 Å². The number of benzene rings is 3. The summed E-state index contributed by atoms with van der Waals surface area (Å²) in [6.07, 6.45) is 1.46. The number of nitrogens with zero attached hydrogens (tertiary/aromatic N) is 6. The van der Waals surface area contributed by atoms with Gasteiger partial charge in [0.2, 0.25) is 5.91 Å². The Morgan fingerprint density at radius 2 is 1.67 bits per heavy atom. The largest absolute Gasteiger partial charge is 0.368 e. The molecular weight excluding hydrogens is 459 g/mol. The monoisotopic (exact) mass is 482 g/mol. The molecule has 9 heteroatoms. The lowest BCUT2D eigenvalue weighted by atomic mass is 10.0. The number of halogens is 1. The number of anilines is 1. The van der Waals surface area contributed by atoms with Gasteiger partial charge in [0, 0.05) is 37.4 Å². The lowest BCUT2D eigenvalue weighted by Crippen LogP contribution is -2.50. The highest BCUT2D eigenvalue weighted by molar-refractivity contribution is 5.96. The van der Waals surface area contributed by atoms with Crippen LogP contribution in [0.3, 0.4) is 0 Å². The second-order valence-corrected chi connectivity index (χ2v) is 8.82. The zero-order chi connectivity index (χ0) is 24.6. The van der Waals surface area contributed by atoms with Gasteiger partial charge in [-0.05, 0) is 41.1 Å². The molecule has 2 aromatic heterocycles. The topological polar surface area (TPSA) is 75.7 Å².